The zero-order valence-corrected chi connectivity index (χ0v) is 5.82. The van der Waals surface area contributed by atoms with E-state index in [9.17, 15) is 4.79 Å². The molecule has 0 bridgehead atoms. The fourth-order valence-electron chi connectivity index (χ4n) is 0.677. The van der Waals surface area contributed by atoms with E-state index in [0.29, 0.717) is 5.57 Å². The minimum atomic E-state index is -0.346. The predicted molar refractivity (Wildman–Crippen MR) is 40.6 cm³/mol. The van der Waals surface area contributed by atoms with Crippen LogP contribution >= 0.6 is 0 Å². The highest BCUT2D eigenvalue weighted by atomic mass is 16.3. The molecule has 1 radical (unpaired) electrons. The first kappa shape index (κ1) is 7.68. The van der Waals surface area contributed by atoms with Crippen LogP contribution in [-0.2, 0) is 4.79 Å². The molecule has 0 saturated carbocycles. The van der Waals surface area contributed by atoms with E-state index >= 15 is 0 Å². The van der Waals surface area contributed by atoms with Gasteiger partial charge in [-0.15, -0.1) is 0 Å². The Morgan fingerprint density at radius 2 is 2.55 bits per heavy atom. The molecule has 1 heterocycles. The lowest BCUT2D eigenvalue weighted by Crippen LogP contribution is -2.25. The Kier molecular flexibility index (Phi) is 2.57. The Morgan fingerprint density at radius 3 is 3.09 bits per heavy atom. The van der Waals surface area contributed by atoms with Crippen molar-refractivity contribution in [1.82, 2.24) is 10.3 Å². The maximum absolute atomic E-state index is 10.9. The molecule has 0 spiro atoms. The first-order chi connectivity index (χ1) is 5.34. The van der Waals surface area contributed by atoms with E-state index in [0.717, 1.165) is 0 Å². The van der Waals surface area contributed by atoms with Gasteiger partial charge in [0.05, 0.1) is 10.6 Å². The summed E-state index contributed by atoms with van der Waals surface area (Å²) in [4.78, 5) is 14.7. The first-order valence-electron chi connectivity index (χ1n) is 3.13. The number of aliphatic hydroxyl groups excluding tert-OH is 1. The van der Waals surface area contributed by atoms with Crippen LogP contribution in [0, 0.1) is 0 Å². The number of hydrogen-bond acceptors (Lipinski definition) is 3. The van der Waals surface area contributed by atoms with E-state index < -0.39 is 0 Å². The lowest BCUT2D eigenvalue weighted by Gasteiger charge is -1.99. The van der Waals surface area contributed by atoms with Crippen LogP contribution in [0.2, 0.25) is 0 Å². The van der Waals surface area contributed by atoms with Gasteiger partial charge in [-0.3, -0.25) is 4.79 Å². The van der Waals surface area contributed by atoms with Crippen molar-refractivity contribution < 1.29 is 9.90 Å². The lowest BCUT2D eigenvalue weighted by molar-refractivity contribution is -0.118. The fraction of sp³-hybridized carbons (Fsp3) is 0.143. The molecule has 11 heavy (non-hydrogen) atoms. The van der Waals surface area contributed by atoms with Crippen molar-refractivity contribution in [2.45, 2.75) is 0 Å². The van der Waals surface area contributed by atoms with Crippen LogP contribution in [0.15, 0.2) is 23.9 Å². The van der Waals surface area contributed by atoms with Gasteiger partial charge in [0.2, 0.25) is 12.4 Å². The van der Waals surface area contributed by atoms with Gasteiger partial charge in [0, 0.05) is 12.2 Å². The monoisotopic (exact) mass is 152 g/mol. The summed E-state index contributed by atoms with van der Waals surface area (Å²) in [6, 6.07) is 0. The van der Waals surface area contributed by atoms with E-state index in [4.69, 9.17) is 5.11 Å². The van der Waals surface area contributed by atoms with E-state index in [-0.39, 0.29) is 12.6 Å². The van der Waals surface area contributed by atoms with Gasteiger partial charge in [-0.1, -0.05) is 0 Å². The predicted octanol–water partition coefficient (Wildman–Crippen LogP) is -1.09. The van der Waals surface area contributed by atoms with Gasteiger partial charge in [-0.2, -0.15) is 0 Å². The highest BCUT2D eigenvalue weighted by molar-refractivity contribution is 6.00. The average Bonchev–Trinajstić information content (AvgIpc) is 2.07. The van der Waals surface area contributed by atoms with Crippen LogP contribution in [0.25, 0.3) is 0 Å². The minimum Gasteiger partial charge on any atom is -0.376 e. The van der Waals surface area contributed by atoms with Crippen LogP contribution in [0.3, 0.4) is 0 Å². The summed E-state index contributed by atoms with van der Waals surface area (Å²) in [5.41, 5.74) is 0.494. The van der Waals surface area contributed by atoms with Gasteiger partial charge in [0.15, 0.2) is 0 Å². The zero-order chi connectivity index (χ0) is 8.10. The number of hydrogen-bond donors (Lipinski definition) is 2. The molecule has 4 nitrogen and oxygen atoms in total. The molecule has 2 N–H and O–H groups in total. The quantitative estimate of drug-likeness (QED) is 0.494. The van der Waals surface area contributed by atoms with E-state index in [1.807, 2.05) is 0 Å². The van der Waals surface area contributed by atoms with E-state index in [1.54, 1.807) is 12.2 Å². The Hall–Kier alpha value is -1.42. The number of carbonyl (C=O) groups excluding carboxylic acids is 1. The molecule has 0 saturated heterocycles. The second-order valence-electron chi connectivity index (χ2n) is 1.90. The number of nitrogens with zero attached hydrogens (tertiary/aromatic N) is 1. The summed E-state index contributed by atoms with van der Waals surface area (Å²) in [5.74, 6) is -0.296. The standard InChI is InChI=1S/C7H8N2O2/c10-5-9-7(11)6-1-3-8-4-2-6/h1-4,10H,5H2,(H,9,11)/q+1. The van der Waals surface area contributed by atoms with Crippen LogP contribution in [-0.4, -0.2) is 24.0 Å². The Balaban J connectivity index is 2.61. The Labute approximate surface area is 63.9 Å². The lowest BCUT2D eigenvalue weighted by atomic mass is 10.2. The second kappa shape index (κ2) is 3.68. The number of rotatable bonds is 2. The molecule has 1 amide bonds. The molecule has 1 aliphatic rings. The normalized spacial score (nSPS) is 14.5. The molecular weight excluding hydrogens is 144 g/mol. The number of aliphatic hydroxyl groups is 1. The molecule has 0 aromatic heterocycles. The summed E-state index contributed by atoms with van der Waals surface area (Å²) in [5, 5.41) is 10.6. The number of carbonyl (C=O) groups is 1. The molecule has 0 unspecified atom stereocenters. The molecule has 0 aliphatic carbocycles. The van der Waals surface area contributed by atoms with Crippen LogP contribution in [0.1, 0.15) is 0 Å². The van der Waals surface area contributed by atoms with Gasteiger partial charge >= 0.3 is 0 Å². The Morgan fingerprint density at radius 1 is 1.73 bits per heavy atom. The fourth-order valence-corrected chi connectivity index (χ4v) is 0.677. The largest absolute Gasteiger partial charge is 0.376 e. The number of allylic oxidation sites excluding steroid dienone is 1. The van der Waals surface area contributed by atoms with Gasteiger partial charge in [0.1, 0.15) is 6.73 Å². The SMILES string of the molecule is O=C(NCO)C1=CC=[N+]C=C1. The molecule has 0 aromatic carbocycles. The van der Waals surface area contributed by atoms with Crippen LogP contribution < -0.4 is 10.3 Å². The van der Waals surface area contributed by atoms with Gasteiger partial charge in [-0.05, 0) is 0 Å². The maximum atomic E-state index is 10.9. The third-order valence-electron chi connectivity index (χ3n) is 1.18. The summed E-state index contributed by atoms with van der Waals surface area (Å²) in [6.07, 6.45) is 6.19. The van der Waals surface area contributed by atoms with Crippen molar-refractivity contribution >= 4 is 12.1 Å². The van der Waals surface area contributed by atoms with Crippen molar-refractivity contribution in [3.8, 4) is 0 Å². The summed E-state index contributed by atoms with van der Waals surface area (Å²) in [7, 11) is 0. The molecule has 57 valence electrons. The molecule has 0 aromatic rings. The third-order valence-corrected chi connectivity index (χ3v) is 1.18. The number of nitrogens with one attached hydrogen (secondary N) is 1. The third kappa shape index (κ3) is 2.01. The minimum absolute atomic E-state index is 0.296. The van der Waals surface area contributed by atoms with Crippen LogP contribution in [0.4, 0.5) is 0 Å². The van der Waals surface area contributed by atoms with Crippen molar-refractivity contribution in [2.75, 3.05) is 6.73 Å². The van der Waals surface area contributed by atoms with Crippen molar-refractivity contribution in [3.63, 3.8) is 0 Å². The van der Waals surface area contributed by atoms with Gasteiger partial charge in [-0.25, -0.2) is 0 Å². The second-order valence-corrected chi connectivity index (χ2v) is 1.90. The topological polar surface area (TPSA) is 63.4 Å². The molecule has 4 heteroatoms. The number of aliphatic imine (C=N–C) groups is 1. The summed E-state index contributed by atoms with van der Waals surface area (Å²) in [6.45, 7) is -0.346. The zero-order valence-electron chi connectivity index (χ0n) is 5.82. The average molecular weight is 152 g/mol. The van der Waals surface area contributed by atoms with Gasteiger partial charge in [0.25, 0.3) is 5.91 Å². The first-order valence-corrected chi connectivity index (χ1v) is 3.13. The summed E-state index contributed by atoms with van der Waals surface area (Å²) < 4.78 is 0. The molecule has 0 fully saturated rings. The highest BCUT2D eigenvalue weighted by Gasteiger charge is 2.08. The maximum Gasteiger partial charge on any atom is 0.253 e. The highest BCUT2D eigenvalue weighted by Crippen LogP contribution is 1.96. The van der Waals surface area contributed by atoms with Crippen molar-refractivity contribution in [3.05, 3.63) is 23.9 Å². The van der Waals surface area contributed by atoms with E-state index in [2.05, 4.69) is 10.3 Å². The van der Waals surface area contributed by atoms with Crippen molar-refractivity contribution in [1.29, 1.82) is 0 Å². The molecular formula is C7H8N2O2+. The molecule has 0 atom stereocenters. The summed E-state index contributed by atoms with van der Waals surface area (Å²) >= 11 is 0. The van der Waals surface area contributed by atoms with Crippen molar-refractivity contribution in [2.24, 2.45) is 0 Å². The Bertz CT molecular complexity index is 241. The molecule has 1 rings (SSSR count). The molecule has 1 aliphatic heterocycles. The van der Waals surface area contributed by atoms with Crippen LogP contribution in [0.5, 0.6) is 0 Å². The van der Waals surface area contributed by atoms with E-state index in [1.165, 1.54) is 12.4 Å². The number of amides is 1. The van der Waals surface area contributed by atoms with Gasteiger partial charge < -0.3 is 10.4 Å². The smallest absolute Gasteiger partial charge is 0.253 e.